The van der Waals surface area contributed by atoms with E-state index in [0.29, 0.717) is 12.0 Å². The Kier molecular flexibility index (Phi) is 7.81. The van der Waals surface area contributed by atoms with Gasteiger partial charge in [0.15, 0.2) is 0 Å². The molecule has 1 N–H and O–H groups in total. The molecule has 1 heteroatoms. The monoisotopic (exact) mass is 261 g/mol. The molecule has 1 atom stereocenters. The average molecular weight is 261 g/mol. The van der Waals surface area contributed by atoms with Crippen LogP contribution in [-0.4, -0.2) is 12.6 Å². The van der Waals surface area contributed by atoms with E-state index in [-0.39, 0.29) is 0 Å². The fourth-order valence-electron chi connectivity index (χ4n) is 2.62. The second-order valence-corrected chi connectivity index (χ2v) is 5.93. The summed E-state index contributed by atoms with van der Waals surface area (Å²) in [5, 5.41) is 3.60. The lowest BCUT2D eigenvalue weighted by Gasteiger charge is -2.22. The molecule has 1 rings (SSSR count). The summed E-state index contributed by atoms with van der Waals surface area (Å²) in [7, 11) is 0. The van der Waals surface area contributed by atoms with E-state index in [1.54, 1.807) is 0 Å². The van der Waals surface area contributed by atoms with Gasteiger partial charge in [0.05, 0.1) is 0 Å². The molecule has 1 nitrogen and oxygen atoms in total. The molecule has 0 saturated carbocycles. The summed E-state index contributed by atoms with van der Waals surface area (Å²) in [6.45, 7) is 10.2. The van der Waals surface area contributed by atoms with Crippen LogP contribution in [0.1, 0.15) is 64.9 Å². The van der Waals surface area contributed by atoms with Gasteiger partial charge in [-0.3, -0.25) is 0 Å². The second-order valence-electron chi connectivity index (χ2n) is 5.93. The third kappa shape index (κ3) is 6.24. The Morgan fingerprint density at radius 3 is 2.11 bits per heavy atom. The van der Waals surface area contributed by atoms with Crippen molar-refractivity contribution < 1.29 is 0 Å². The predicted octanol–water partition coefficient (Wildman–Crippen LogP) is 4.98. The Morgan fingerprint density at radius 2 is 1.58 bits per heavy atom. The maximum atomic E-state index is 3.60. The quantitative estimate of drug-likeness (QED) is 0.660. The normalized spacial score (nSPS) is 13.2. The Bertz CT molecular complexity index is 314. The minimum absolute atomic E-state index is 0.569. The van der Waals surface area contributed by atoms with E-state index >= 15 is 0 Å². The summed E-state index contributed by atoms with van der Waals surface area (Å²) in [6, 6.07) is 11.6. The molecule has 108 valence electrons. The van der Waals surface area contributed by atoms with Crippen LogP contribution in [0, 0.1) is 5.92 Å². The minimum Gasteiger partial charge on any atom is -0.314 e. The van der Waals surface area contributed by atoms with Crippen LogP contribution in [0.3, 0.4) is 0 Å². The van der Waals surface area contributed by atoms with E-state index in [1.165, 1.54) is 31.2 Å². The van der Waals surface area contributed by atoms with Gasteiger partial charge in [-0.25, -0.2) is 0 Å². The van der Waals surface area contributed by atoms with Crippen LogP contribution in [-0.2, 0) is 0 Å². The number of benzene rings is 1. The molecular weight excluding hydrogens is 230 g/mol. The summed E-state index contributed by atoms with van der Waals surface area (Å²) in [5.41, 5.74) is 1.49. The first kappa shape index (κ1) is 16.2. The second kappa shape index (κ2) is 9.14. The van der Waals surface area contributed by atoms with Gasteiger partial charge in [0, 0.05) is 12.6 Å². The lowest BCUT2D eigenvalue weighted by atomic mass is 9.88. The first-order valence-electron chi connectivity index (χ1n) is 7.95. The maximum absolute atomic E-state index is 3.60. The molecule has 0 aliphatic rings. The average Bonchev–Trinajstić information content (AvgIpc) is 2.43. The third-order valence-corrected chi connectivity index (χ3v) is 4.12. The first-order valence-corrected chi connectivity index (χ1v) is 7.95. The predicted molar refractivity (Wildman–Crippen MR) is 85.6 cm³/mol. The molecule has 0 spiro atoms. The van der Waals surface area contributed by atoms with Crippen LogP contribution in [0.15, 0.2) is 30.3 Å². The van der Waals surface area contributed by atoms with E-state index in [4.69, 9.17) is 0 Å². The zero-order valence-electron chi connectivity index (χ0n) is 13.2. The van der Waals surface area contributed by atoms with Crippen LogP contribution < -0.4 is 5.32 Å². The highest BCUT2D eigenvalue weighted by Crippen LogP contribution is 2.25. The molecule has 0 saturated heterocycles. The molecule has 19 heavy (non-hydrogen) atoms. The maximum Gasteiger partial charge on any atom is 0.00225 e. The molecule has 1 aromatic carbocycles. The highest BCUT2D eigenvalue weighted by Gasteiger charge is 2.14. The van der Waals surface area contributed by atoms with Gasteiger partial charge in [-0.2, -0.15) is 0 Å². The third-order valence-electron chi connectivity index (χ3n) is 4.12. The van der Waals surface area contributed by atoms with Gasteiger partial charge >= 0.3 is 0 Å². The van der Waals surface area contributed by atoms with Gasteiger partial charge in [0.2, 0.25) is 0 Å². The molecule has 0 aromatic heterocycles. The molecule has 0 aliphatic heterocycles. The topological polar surface area (TPSA) is 12.0 Å². The first-order chi connectivity index (χ1) is 9.17. The minimum atomic E-state index is 0.569. The van der Waals surface area contributed by atoms with Crippen molar-refractivity contribution in [3.63, 3.8) is 0 Å². The van der Waals surface area contributed by atoms with Crippen LogP contribution in [0.2, 0.25) is 0 Å². The molecule has 0 aliphatic carbocycles. The van der Waals surface area contributed by atoms with E-state index in [1.807, 2.05) is 0 Å². The SMILES string of the molecule is CCC(CC)CCC(CNC(C)C)c1ccccc1. The number of rotatable bonds is 9. The van der Waals surface area contributed by atoms with Gasteiger partial charge in [-0.1, -0.05) is 70.9 Å². The standard InChI is InChI=1S/C18H31N/c1-5-16(6-2)12-13-18(14-19-15(3)4)17-10-8-7-9-11-17/h7-11,15-16,18-19H,5-6,12-14H2,1-4H3. The summed E-state index contributed by atoms with van der Waals surface area (Å²) >= 11 is 0. The number of nitrogens with one attached hydrogen (secondary N) is 1. The smallest absolute Gasteiger partial charge is 0.00225 e. The summed E-state index contributed by atoms with van der Waals surface area (Å²) in [6.07, 6.45) is 5.29. The van der Waals surface area contributed by atoms with Crippen molar-refractivity contribution >= 4 is 0 Å². The van der Waals surface area contributed by atoms with Crippen LogP contribution in [0.25, 0.3) is 0 Å². The Labute approximate surface area is 119 Å². The molecular formula is C18H31N. The number of hydrogen-bond donors (Lipinski definition) is 1. The van der Waals surface area contributed by atoms with E-state index in [2.05, 4.69) is 63.3 Å². The van der Waals surface area contributed by atoms with E-state index < -0.39 is 0 Å². The zero-order valence-corrected chi connectivity index (χ0v) is 13.2. The van der Waals surface area contributed by atoms with Crippen molar-refractivity contribution in [2.24, 2.45) is 5.92 Å². The van der Waals surface area contributed by atoms with E-state index in [0.717, 1.165) is 12.5 Å². The lowest BCUT2D eigenvalue weighted by molar-refractivity contribution is 0.403. The van der Waals surface area contributed by atoms with Crippen molar-refractivity contribution in [3.8, 4) is 0 Å². The molecule has 0 bridgehead atoms. The van der Waals surface area contributed by atoms with Crippen LogP contribution >= 0.6 is 0 Å². The lowest BCUT2D eigenvalue weighted by Crippen LogP contribution is -2.28. The van der Waals surface area contributed by atoms with Gasteiger partial charge in [-0.05, 0) is 30.2 Å². The Hall–Kier alpha value is -0.820. The fourth-order valence-corrected chi connectivity index (χ4v) is 2.62. The van der Waals surface area contributed by atoms with Gasteiger partial charge in [0.1, 0.15) is 0 Å². The van der Waals surface area contributed by atoms with Gasteiger partial charge < -0.3 is 5.32 Å². The van der Waals surface area contributed by atoms with Crippen molar-refractivity contribution in [1.82, 2.24) is 5.32 Å². The molecule has 1 aromatic rings. The molecule has 1 unspecified atom stereocenters. The van der Waals surface area contributed by atoms with Gasteiger partial charge in [0.25, 0.3) is 0 Å². The Balaban J connectivity index is 2.59. The molecule has 0 fully saturated rings. The largest absolute Gasteiger partial charge is 0.314 e. The summed E-state index contributed by atoms with van der Waals surface area (Å²) < 4.78 is 0. The highest BCUT2D eigenvalue weighted by molar-refractivity contribution is 5.19. The molecule has 0 radical (unpaired) electrons. The Morgan fingerprint density at radius 1 is 0.947 bits per heavy atom. The number of hydrogen-bond acceptors (Lipinski definition) is 1. The van der Waals surface area contributed by atoms with Crippen LogP contribution in [0.5, 0.6) is 0 Å². The zero-order chi connectivity index (χ0) is 14.1. The van der Waals surface area contributed by atoms with Crippen molar-refractivity contribution in [2.75, 3.05) is 6.54 Å². The summed E-state index contributed by atoms with van der Waals surface area (Å²) in [4.78, 5) is 0. The van der Waals surface area contributed by atoms with Crippen molar-refractivity contribution in [2.45, 2.75) is 65.3 Å². The van der Waals surface area contributed by atoms with Gasteiger partial charge in [-0.15, -0.1) is 0 Å². The summed E-state index contributed by atoms with van der Waals surface area (Å²) in [5.74, 6) is 1.55. The van der Waals surface area contributed by atoms with Crippen LogP contribution in [0.4, 0.5) is 0 Å². The van der Waals surface area contributed by atoms with Crippen molar-refractivity contribution in [1.29, 1.82) is 0 Å². The van der Waals surface area contributed by atoms with Crippen molar-refractivity contribution in [3.05, 3.63) is 35.9 Å². The molecule has 0 amide bonds. The van der Waals surface area contributed by atoms with E-state index in [9.17, 15) is 0 Å². The highest BCUT2D eigenvalue weighted by atomic mass is 14.9. The molecule has 0 heterocycles. The fraction of sp³-hybridized carbons (Fsp3) is 0.667.